The Labute approximate surface area is 111 Å². The van der Waals surface area contributed by atoms with Crippen LogP contribution in [-0.4, -0.2) is 16.7 Å². The Balaban J connectivity index is 2.38. The zero-order valence-corrected chi connectivity index (χ0v) is 11.2. The monoisotopic (exact) mass is 263 g/mol. The third kappa shape index (κ3) is 2.51. The molecule has 1 aromatic carbocycles. The van der Waals surface area contributed by atoms with Crippen molar-refractivity contribution in [1.29, 1.82) is 0 Å². The molecule has 0 aliphatic heterocycles. The third-order valence-corrected chi connectivity index (χ3v) is 3.71. The molecule has 0 saturated heterocycles. The van der Waals surface area contributed by atoms with Crippen LogP contribution in [0.5, 0.6) is 0 Å². The van der Waals surface area contributed by atoms with Crippen LogP contribution in [0.4, 0.5) is 4.39 Å². The second-order valence-electron chi connectivity index (χ2n) is 4.63. The molecule has 1 aromatic heterocycles. The van der Waals surface area contributed by atoms with Crippen LogP contribution in [0.15, 0.2) is 28.8 Å². The van der Waals surface area contributed by atoms with E-state index in [1.807, 2.05) is 13.8 Å². The fourth-order valence-electron chi connectivity index (χ4n) is 2.11. The Morgan fingerprint density at radius 3 is 2.63 bits per heavy atom. The van der Waals surface area contributed by atoms with Gasteiger partial charge in [-0.25, -0.2) is 4.39 Å². The molecule has 2 rings (SSSR count). The van der Waals surface area contributed by atoms with Crippen molar-refractivity contribution in [2.45, 2.75) is 32.1 Å². The second kappa shape index (κ2) is 5.48. The predicted octanol–water partition coefficient (Wildman–Crippen LogP) is 2.89. The largest absolute Gasteiger partial charge is 0.338 e. The summed E-state index contributed by atoms with van der Waals surface area (Å²) < 4.78 is 18.5. The number of nitrogens with two attached hydrogens (primary N) is 1. The maximum absolute atomic E-state index is 13.2. The molecule has 19 heavy (non-hydrogen) atoms. The zero-order valence-electron chi connectivity index (χ0n) is 11.2. The first-order chi connectivity index (χ1) is 9.15. The summed E-state index contributed by atoms with van der Waals surface area (Å²) in [6, 6.07) is 6.14. The van der Waals surface area contributed by atoms with E-state index in [4.69, 9.17) is 10.3 Å². The van der Waals surface area contributed by atoms with Crippen LogP contribution >= 0.6 is 0 Å². The van der Waals surface area contributed by atoms with Crippen molar-refractivity contribution in [2.24, 2.45) is 5.73 Å². The Morgan fingerprint density at radius 2 is 2.05 bits per heavy atom. The van der Waals surface area contributed by atoms with Crippen molar-refractivity contribution < 1.29 is 8.91 Å². The maximum Gasteiger partial charge on any atom is 0.234 e. The summed E-state index contributed by atoms with van der Waals surface area (Å²) in [5.41, 5.74) is 6.16. The summed E-state index contributed by atoms with van der Waals surface area (Å²) >= 11 is 0. The Hall–Kier alpha value is -1.75. The molecule has 2 N–H and O–H groups in total. The van der Waals surface area contributed by atoms with Crippen molar-refractivity contribution in [3.05, 3.63) is 36.0 Å². The minimum absolute atomic E-state index is 0.293. The van der Waals surface area contributed by atoms with E-state index in [-0.39, 0.29) is 11.2 Å². The summed E-state index contributed by atoms with van der Waals surface area (Å²) in [5, 5.41) is 3.93. The lowest BCUT2D eigenvalue weighted by Gasteiger charge is -2.24. The highest BCUT2D eigenvalue weighted by Gasteiger charge is 2.33. The fourth-order valence-corrected chi connectivity index (χ4v) is 2.11. The summed E-state index contributed by atoms with van der Waals surface area (Å²) in [5.74, 6) is 0.605. The molecule has 0 unspecified atom stereocenters. The van der Waals surface area contributed by atoms with Crippen LogP contribution < -0.4 is 5.73 Å². The third-order valence-electron chi connectivity index (χ3n) is 3.71. The van der Waals surface area contributed by atoms with E-state index in [0.29, 0.717) is 23.8 Å². The molecule has 4 nitrogen and oxygen atoms in total. The molecule has 0 amide bonds. The molecular weight excluding hydrogens is 245 g/mol. The lowest BCUT2D eigenvalue weighted by Crippen LogP contribution is -2.34. The number of nitrogens with zero attached hydrogens (tertiary/aromatic N) is 2. The van der Waals surface area contributed by atoms with E-state index in [1.165, 1.54) is 12.1 Å². The van der Waals surface area contributed by atoms with Crippen molar-refractivity contribution in [3.8, 4) is 11.4 Å². The van der Waals surface area contributed by atoms with E-state index in [1.54, 1.807) is 12.1 Å². The first kappa shape index (κ1) is 13.7. The highest BCUT2D eigenvalue weighted by atomic mass is 19.1. The zero-order chi connectivity index (χ0) is 13.9. The van der Waals surface area contributed by atoms with E-state index in [0.717, 1.165) is 12.8 Å². The molecule has 0 saturated carbocycles. The quantitative estimate of drug-likeness (QED) is 0.900. The number of halogens is 1. The van der Waals surface area contributed by atoms with Gasteiger partial charge in [0.25, 0.3) is 0 Å². The Kier molecular flexibility index (Phi) is 3.95. The SMILES string of the molecule is CCC(CC)(CN)c1nc(-c2cccc(F)c2)no1. The smallest absolute Gasteiger partial charge is 0.234 e. The van der Waals surface area contributed by atoms with Crippen molar-refractivity contribution in [1.82, 2.24) is 10.1 Å². The number of rotatable bonds is 5. The molecule has 0 fully saturated rings. The molecule has 0 spiro atoms. The topological polar surface area (TPSA) is 64.9 Å². The standard InChI is InChI=1S/C14H18FN3O/c1-3-14(4-2,9-16)13-17-12(18-19-13)10-6-5-7-11(15)8-10/h5-8H,3-4,9,16H2,1-2H3. The highest BCUT2D eigenvalue weighted by molar-refractivity contribution is 5.54. The van der Waals surface area contributed by atoms with Gasteiger partial charge in [0.05, 0.1) is 5.41 Å². The summed E-state index contributed by atoms with van der Waals surface area (Å²) in [4.78, 5) is 4.38. The average Bonchev–Trinajstić information content (AvgIpc) is 2.92. The lowest BCUT2D eigenvalue weighted by atomic mass is 9.82. The van der Waals surface area contributed by atoms with Crippen molar-refractivity contribution >= 4 is 0 Å². The van der Waals surface area contributed by atoms with Gasteiger partial charge in [0.1, 0.15) is 5.82 Å². The van der Waals surface area contributed by atoms with E-state index >= 15 is 0 Å². The fraction of sp³-hybridized carbons (Fsp3) is 0.429. The minimum atomic E-state index is -0.320. The van der Waals surface area contributed by atoms with Crippen LogP contribution in [0.1, 0.15) is 32.6 Å². The van der Waals surface area contributed by atoms with Gasteiger partial charge in [0.15, 0.2) is 0 Å². The first-order valence-corrected chi connectivity index (χ1v) is 6.45. The van der Waals surface area contributed by atoms with Crippen molar-refractivity contribution in [3.63, 3.8) is 0 Å². The van der Waals surface area contributed by atoms with Gasteiger partial charge in [0, 0.05) is 12.1 Å². The van der Waals surface area contributed by atoms with Crippen LogP contribution in [0.25, 0.3) is 11.4 Å². The first-order valence-electron chi connectivity index (χ1n) is 6.45. The molecule has 0 aliphatic carbocycles. The van der Waals surface area contributed by atoms with Gasteiger partial charge in [-0.3, -0.25) is 0 Å². The lowest BCUT2D eigenvalue weighted by molar-refractivity contribution is 0.267. The van der Waals surface area contributed by atoms with E-state index in [9.17, 15) is 4.39 Å². The van der Waals surface area contributed by atoms with Gasteiger partial charge >= 0.3 is 0 Å². The summed E-state index contributed by atoms with van der Waals surface area (Å²) in [7, 11) is 0. The van der Waals surface area contributed by atoms with Gasteiger partial charge in [0.2, 0.25) is 11.7 Å². The van der Waals surface area contributed by atoms with Crippen LogP contribution in [-0.2, 0) is 5.41 Å². The van der Waals surface area contributed by atoms with Gasteiger partial charge in [-0.15, -0.1) is 0 Å². The second-order valence-corrected chi connectivity index (χ2v) is 4.63. The normalized spacial score (nSPS) is 11.8. The average molecular weight is 263 g/mol. The molecule has 1 heterocycles. The van der Waals surface area contributed by atoms with E-state index in [2.05, 4.69) is 10.1 Å². The van der Waals surface area contributed by atoms with Crippen LogP contribution in [0, 0.1) is 5.82 Å². The predicted molar refractivity (Wildman–Crippen MR) is 71.0 cm³/mol. The van der Waals surface area contributed by atoms with E-state index < -0.39 is 0 Å². The number of benzene rings is 1. The van der Waals surface area contributed by atoms with Crippen molar-refractivity contribution in [2.75, 3.05) is 6.54 Å². The molecule has 5 heteroatoms. The number of hydrogen-bond donors (Lipinski definition) is 1. The Morgan fingerprint density at radius 1 is 1.32 bits per heavy atom. The van der Waals surface area contributed by atoms with Crippen LogP contribution in [0.3, 0.4) is 0 Å². The molecular formula is C14H18FN3O. The van der Waals surface area contributed by atoms with Gasteiger partial charge in [-0.05, 0) is 25.0 Å². The number of hydrogen-bond acceptors (Lipinski definition) is 4. The molecule has 2 aromatic rings. The molecule has 102 valence electrons. The summed E-state index contributed by atoms with van der Waals surface area (Å²) in [6.45, 7) is 4.54. The van der Waals surface area contributed by atoms with Gasteiger partial charge in [-0.1, -0.05) is 31.1 Å². The summed E-state index contributed by atoms with van der Waals surface area (Å²) in [6.07, 6.45) is 1.65. The highest BCUT2D eigenvalue weighted by Crippen LogP contribution is 2.30. The maximum atomic E-state index is 13.2. The molecule has 0 aliphatic rings. The van der Waals surface area contributed by atoms with Crippen LogP contribution in [0.2, 0.25) is 0 Å². The molecule has 0 radical (unpaired) electrons. The molecule has 0 atom stereocenters. The Bertz CT molecular complexity index is 541. The minimum Gasteiger partial charge on any atom is -0.338 e. The molecule has 0 bridgehead atoms. The van der Waals surface area contributed by atoms with Gasteiger partial charge < -0.3 is 10.3 Å². The van der Waals surface area contributed by atoms with Gasteiger partial charge in [-0.2, -0.15) is 4.98 Å². The number of aromatic nitrogens is 2.